The van der Waals surface area contributed by atoms with Crippen molar-refractivity contribution >= 4 is 50.7 Å². The summed E-state index contributed by atoms with van der Waals surface area (Å²) in [5.41, 5.74) is 2.55. The number of rotatable bonds is 9. The Kier molecular flexibility index (Phi) is 9.23. The number of nitrogens with one attached hydrogen (secondary N) is 1. The molecule has 3 aromatic rings. The number of carbonyl (C=O) groups excluding carboxylic acids is 2. The molecule has 37 heavy (non-hydrogen) atoms. The summed E-state index contributed by atoms with van der Waals surface area (Å²) in [6.07, 6.45) is 0. The number of anilines is 1. The van der Waals surface area contributed by atoms with Crippen molar-refractivity contribution < 1.29 is 18.0 Å². The third-order valence-corrected chi connectivity index (χ3v) is 8.59. The Morgan fingerprint density at radius 2 is 1.65 bits per heavy atom. The standard InChI is InChI=1S/C27H29Cl2N3O4S/c1-18-9-8-12-25(19(18)2)32(37(35,36)23-10-6-5-7-11-23)17-26(33)31(20(3)27(34)30-4)16-21-13-14-22(28)15-24(21)29/h5-15,20H,16-17H2,1-4H3,(H,30,34). The van der Waals surface area contributed by atoms with Crippen LogP contribution >= 0.6 is 23.2 Å². The number of halogens is 2. The first-order valence-electron chi connectivity index (χ1n) is 11.6. The molecule has 0 aliphatic carbocycles. The highest BCUT2D eigenvalue weighted by Crippen LogP contribution is 2.29. The molecule has 196 valence electrons. The van der Waals surface area contributed by atoms with Crippen molar-refractivity contribution in [2.45, 2.75) is 38.3 Å². The van der Waals surface area contributed by atoms with Crippen molar-refractivity contribution in [2.75, 3.05) is 17.9 Å². The second-order valence-corrected chi connectivity index (χ2v) is 11.3. The summed E-state index contributed by atoms with van der Waals surface area (Å²) in [7, 11) is -2.65. The molecule has 0 heterocycles. The van der Waals surface area contributed by atoms with Gasteiger partial charge in [0, 0.05) is 23.6 Å². The maximum absolute atomic E-state index is 13.8. The molecule has 0 saturated heterocycles. The van der Waals surface area contributed by atoms with Crippen LogP contribution in [0.25, 0.3) is 0 Å². The molecule has 1 N–H and O–H groups in total. The van der Waals surface area contributed by atoms with Gasteiger partial charge in [-0.2, -0.15) is 0 Å². The number of aryl methyl sites for hydroxylation is 1. The highest BCUT2D eigenvalue weighted by atomic mass is 35.5. The van der Waals surface area contributed by atoms with Crippen LogP contribution in [0.5, 0.6) is 0 Å². The normalized spacial score (nSPS) is 12.1. The number of hydrogen-bond acceptors (Lipinski definition) is 4. The van der Waals surface area contributed by atoms with E-state index in [9.17, 15) is 18.0 Å². The molecule has 0 saturated carbocycles. The Hall–Kier alpha value is -3.07. The van der Waals surface area contributed by atoms with Crippen LogP contribution in [-0.4, -0.2) is 44.8 Å². The van der Waals surface area contributed by atoms with E-state index >= 15 is 0 Å². The SMILES string of the molecule is CNC(=O)C(C)N(Cc1ccc(Cl)cc1Cl)C(=O)CN(c1cccc(C)c1C)S(=O)(=O)c1ccccc1. The third-order valence-electron chi connectivity index (χ3n) is 6.22. The lowest BCUT2D eigenvalue weighted by molar-refractivity contribution is -0.139. The van der Waals surface area contributed by atoms with Crippen LogP contribution in [0.4, 0.5) is 5.69 Å². The molecular formula is C27H29Cl2N3O4S. The lowest BCUT2D eigenvalue weighted by Gasteiger charge is -2.32. The molecule has 1 atom stereocenters. The molecule has 7 nitrogen and oxygen atoms in total. The second-order valence-electron chi connectivity index (χ2n) is 8.59. The third kappa shape index (κ3) is 6.44. The van der Waals surface area contributed by atoms with Gasteiger partial charge in [0.15, 0.2) is 0 Å². The second kappa shape index (κ2) is 12.0. The summed E-state index contributed by atoms with van der Waals surface area (Å²) in [6.45, 7) is 4.72. The minimum atomic E-state index is -4.12. The Morgan fingerprint density at radius 3 is 2.27 bits per heavy atom. The monoisotopic (exact) mass is 561 g/mol. The molecule has 1 unspecified atom stereocenters. The first-order valence-corrected chi connectivity index (χ1v) is 13.8. The van der Waals surface area contributed by atoms with Gasteiger partial charge in [-0.3, -0.25) is 13.9 Å². The van der Waals surface area contributed by atoms with E-state index in [1.54, 1.807) is 62.4 Å². The fraction of sp³-hybridized carbons (Fsp3) is 0.259. The van der Waals surface area contributed by atoms with Gasteiger partial charge in [-0.05, 0) is 67.8 Å². The van der Waals surface area contributed by atoms with Crippen molar-refractivity contribution in [2.24, 2.45) is 0 Å². The molecular weight excluding hydrogens is 533 g/mol. The Morgan fingerprint density at radius 1 is 0.973 bits per heavy atom. The van der Waals surface area contributed by atoms with Gasteiger partial charge >= 0.3 is 0 Å². The first kappa shape index (κ1) is 28.5. The number of likely N-dealkylation sites (N-methyl/N-ethyl adjacent to an activating group) is 1. The summed E-state index contributed by atoms with van der Waals surface area (Å²) < 4.78 is 28.7. The van der Waals surface area contributed by atoms with E-state index in [0.717, 1.165) is 15.4 Å². The molecule has 3 aromatic carbocycles. The number of benzene rings is 3. The van der Waals surface area contributed by atoms with Crippen LogP contribution in [0, 0.1) is 13.8 Å². The van der Waals surface area contributed by atoms with Crippen LogP contribution < -0.4 is 9.62 Å². The van der Waals surface area contributed by atoms with Crippen molar-refractivity contribution in [1.82, 2.24) is 10.2 Å². The van der Waals surface area contributed by atoms with Gasteiger partial charge in [0.25, 0.3) is 10.0 Å². The number of nitrogens with zero attached hydrogens (tertiary/aromatic N) is 2. The minimum Gasteiger partial charge on any atom is -0.357 e. The van der Waals surface area contributed by atoms with E-state index in [0.29, 0.717) is 21.3 Å². The topological polar surface area (TPSA) is 86.8 Å². The van der Waals surface area contributed by atoms with Crippen LogP contribution in [0.15, 0.2) is 71.6 Å². The average Bonchev–Trinajstić information content (AvgIpc) is 2.88. The fourth-order valence-corrected chi connectivity index (χ4v) is 5.82. The van der Waals surface area contributed by atoms with E-state index in [1.165, 1.54) is 24.1 Å². The number of carbonyl (C=O) groups is 2. The molecule has 0 aromatic heterocycles. The zero-order chi connectivity index (χ0) is 27.3. The summed E-state index contributed by atoms with van der Waals surface area (Å²) in [4.78, 5) is 27.7. The van der Waals surface area contributed by atoms with Crippen molar-refractivity contribution in [3.63, 3.8) is 0 Å². The van der Waals surface area contributed by atoms with E-state index < -0.39 is 34.4 Å². The highest BCUT2D eigenvalue weighted by molar-refractivity contribution is 7.92. The zero-order valence-electron chi connectivity index (χ0n) is 21.0. The Balaban J connectivity index is 2.08. The first-order chi connectivity index (χ1) is 17.5. The van der Waals surface area contributed by atoms with E-state index in [2.05, 4.69) is 5.32 Å². The van der Waals surface area contributed by atoms with Crippen molar-refractivity contribution in [1.29, 1.82) is 0 Å². The average molecular weight is 563 g/mol. The molecule has 0 spiro atoms. The van der Waals surface area contributed by atoms with Gasteiger partial charge in [-0.1, -0.05) is 59.6 Å². The molecule has 0 fully saturated rings. The largest absolute Gasteiger partial charge is 0.357 e. The summed E-state index contributed by atoms with van der Waals surface area (Å²) in [5, 5.41) is 3.31. The number of sulfonamides is 1. The van der Waals surface area contributed by atoms with Gasteiger partial charge in [0.1, 0.15) is 12.6 Å². The molecule has 3 rings (SSSR count). The number of amides is 2. The summed E-state index contributed by atoms with van der Waals surface area (Å²) in [6, 6.07) is 17.2. The maximum Gasteiger partial charge on any atom is 0.264 e. The molecule has 0 aliphatic heterocycles. The fourth-order valence-electron chi connectivity index (χ4n) is 3.86. The zero-order valence-corrected chi connectivity index (χ0v) is 23.4. The summed E-state index contributed by atoms with van der Waals surface area (Å²) >= 11 is 12.4. The van der Waals surface area contributed by atoms with E-state index in [1.807, 2.05) is 13.0 Å². The lowest BCUT2D eigenvalue weighted by atomic mass is 10.1. The van der Waals surface area contributed by atoms with Crippen LogP contribution in [0.3, 0.4) is 0 Å². The quantitative estimate of drug-likeness (QED) is 0.399. The predicted octanol–water partition coefficient (Wildman–Crippen LogP) is 4.97. The molecule has 0 aliphatic rings. The van der Waals surface area contributed by atoms with Gasteiger partial charge in [0.05, 0.1) is 10.6 Å². The van der Waals surface area contributed by atoms with Gasteiger partial charge in [0.2, 0.25) is 11.8 Å². The smallest absolute Gasteiger partial charge is 0.264 e. The minimum absolute atomic E-state index is 0.0184. The summed E-state index contributed by atoms with van der Waals surface area (Å²) in [5.74, 6) is -0.967. The maximum atomic E-state index is 13.8. The van der Waals surface area contributed by atoms with Gasteiger partial charge in [-0.15, -0.1) is 0 Å². The lowest BCUT2D eigenvalue weighted by Crippen LogP contribution is -2.50. The highest BCUT2D eigenvalue weighted by Gasteiger charge is 2.33. The Bertz CT molecular complexity index is 1400. The van der Waals surface area contributed by atoms with Crippen LogP contribution in [0.1, 0.15) is 23.6 Å². The molecule has 2 amide bonds. The number of hydrogen-bond donors (Lipinski definition) is 1. The Labute approximate surface area is 228 Å². The van der Waals surface area contributed by atoms with Gasteiger partial charge < -0.3 is 10.2 Å². The van der Waals surface area contributed by atoms with E-state index in [-0.39, 0.29) is 11.4 Å². The molecule has 0 bridgehead atoms. The molecule has 10 heteroatoms. The van der Waals surface area contributed by atoms with Gasteiger partial charge in [-0.25, -0.2) is 8.42 Å². The van der Waals surface area contributed by atoms with Crippen LogP contribution in [-0.2, 0) is 26.2 Å². The van der Waals surface area contributed by atoms with Crippen molar-refractivity contribution in [3.8, 4) is 0 Å². The predicted molar refractivity (Wildman–Crippen MR) is 147 cm³/mol. The van der Waals surface area contributed by atoms with Crippen LogP contribution in [0.2, 0.25) is 10.0 Å². The van der Waals surface area contributed by atoms with E-state index in [4.69, 9.17) is 23.2 Å². The molecule has 0 radical (unpaired) electrons. The van der Waals surface area contributed by atoms with Crippen molar-refractivity contribution in [3.05, 3.63) is 93.5 Å².